The number of nitrogens with one attached hydrogen (secondary N) is 2. The van der Waals surface area contributed by atoms with Crippen LogP contribution in [0.1, 0.15) is 37.3 Å². The van der Waals surface area contributed by atoms with E-state index in [4.69, 9.17) is 0 Å². The van der Waals surface area contributed by atoms with Gasteiger partial charge in [0, 0.05) is 38.8 Å². The Bertz CT molecular complexity index is 854. The Hall–Kier alpha value is -2.71. The number of anilines is 1. The van der Waals surface area contributed by atoms with Gasteiger partial charge in [-0.3, -0.25) is 19.4 Å². The van der Waals surface area contributed by atoms with Crippen LogP contribution in [0.25, 0.3) is 0 Å². The van der Waals surface area contributed by atoms with Crippen molar-refractivity contribution in [2.45, 2.75) is 38.3 Å². The van der Waals surface area contributed by atoms with Crippen LogP contribution in [0.2, 0.25) is 0 Å². The van der Waals surface area contributed by atoms with Crippen molar-refractivity contribution in [3.8, 4) is 0 Å². The van der Waals surface area contributed by atoms with Gasteiger partial charge in [0.15, 0.2) is 0 Å². The van der Waals surface area contributed by atoms with Gasteiger partial charge in [-0.1, -0.05) is 43.2 Å². The highest BCUT2D eigenvalue weighted by molar-refractivity contribution is 5.91. The van der Waals surface area contributed by atoms with E-state index in [2.05, 4.69) is 25.5 Å². The summed E-state index contributed by atoms with van der Waals surface area (Å²) in [6.45, 7) is 4.44. The second-order valence-corrected chi connectivity index (χ2v) is 8.46. The van der Waals surface area contributed by atoms with E-state index in [9.17, 15) is 9.59 Å². The van der Waals surface area contributed by atoms with Crippen LogP contribution >= 0.6 is 0 Å². The van der Waals surface area contributed by atoms with Gasteiger partial charge >= 0.3 is 0 Å². The molecule has 2 heterocycles. The summed E-state index contributed by atoms with van der Waals surface area (Å²) in [5.41, 5.74) is 1.10. The fraction of sp³-hybridized carbons (Fsp3) is 0.522. The molecule has 8 heteroatoms. The zero-order valence-electron chi connectivity index (χ0n) is 18.0. The van der Waals surface area contributed by atoms with E-state index in [0.717, 1.165) is 50.4 Å². The third-order valence-corrected chi connectivity index (χ3v) is 6.14. The molecule has 2 fully saturated rings. The van der Waals surface area contributed by atoms with Crippen LogP contribution in [0.15, 0.2) is 42.6 Å². The molecule has 1 saturated heterocycles. The maximum atomic E-state index is 12.6. The summed E-state index contributed by atoms with van der Waals surface area (Å²) in [4.78, 5) is 29.1. The van der Waals surface area contributed by atoms with E-state index >= 15 is 0 Å². The smallest absolute Gasteiger partial charge is 0.239 e. The largest absolute Gasteiger partial charge is 0.351 e. The molecule has 4 rings (SSSR count). The van der Waals surface area contributed by atoms with E-state index in [1.807, 2.05) is 41.1 Å². The number of rotatable bonds is 8. The minimum Gasteiger partial charge on any atom is -0.351 e. The Morgan fingerprint density at radius 3 is 2.23 bits per heavy atom. The minimum absolute atomic E-state index is 0.00574. The molecule has 1 aliphatic carbocycles. The molecule has 1 aromatic carbocycles. The summed E-state index contributed by atoms with van der Waals surface area (Å²) in [5.74, 6) is 0.828. The summed E-state index contributed by atoms with van der Waals surface area (Å²) in [5, 5.41) is 10.4. The lowest BCUT2D eigenvalue weighted by Crippen LogP contribution is -2.51. The van der Waals surface area contributed by atoms with Gasteiger partial charge in [-0.15, -0.1) is 0 Å². The monoisotopic (exact) mass is 424 g/mol. The summed E-state index contributed by atoms with van der Waals surface area (Å²) >= 11 is 0. The van der Waals surface area contributed by atoms with Crippen LogP contribution in [0.5, 0.6) is 0 Å². The molecule has 1 aliphatic heterocycles. The highest BCUT2D eigenvalue weighted by Gasteiger charge is 2.23. The van der Waals surface area contributed by atoms with Crippen molar-refractivity contribution in [2.75, 3.05) is 44.6 Å². The zero-order chi connectivity index (χ0) is 21.5. The molecule has 166 valence electrons. The predicted octanol–water partition coefficient (Wildman–Crippen LogP) is 1.87. The number of aromatic nitrogens is 2. The number of carbonyl (C=O) groups is 2. The summed E-state index contributed by atoms with van der Waals surface area (Å²) in [7, 11) is 0. The number of carbonyl (C=O) groups excluding carboxylic acids is 2. The van der Waals surface area contributed by atoms with Gasteiger partial charge in [0.25, 0.3) is 0 Å². The second-order valence-electron chi connectivity index (χ2n) is 8.46. The Balaban J connectivity index is 1.16. The lowest BCUT2D eigenvalue weighted by Gasteiger charge is -2.33. The first kappa shape index (κ1) is 21.5. The standard InChI is InChI=1S/C23H32N6O2/c30-22(24-16-19-6-2-1-3-7-19)17-27-12-14-28(15-13-27)18-23(31)26-21-10-11-25-29(21)20-8-4-5-9-20/h1-3,6-7,10-11,20H,4-5,8-9,12-18H2,(H,24,30)(H,26,31). The fourth-order valence-corrected chi connectivity index (χ4v) is 4.40. The number of hydrogen-bond acceptors (Lipinski definition) is 5. The molecular formula is C23H32N6O2. The van der Waals surface area contributed by atoms with Gasteiger partial charge in [-0.25, -0.2) is 4.68 Å². The number of nitrogens with zero attached hydrogens (tertiary/aromatic N) is 4. The quantitative estimate of drug-likeness (QED) is 0.676. The lowest BCUT2D eigenvalue weighted by atomic mass is 10.2. The molecule has 0 atom stereocenters. The molecule has 0 spiro atoms. The van der Waals surface area contributed by atoms with Gasteiger partial charge in [-0.2, -0.15) is 5.10 Å². The van der Waals surface area contributed by atoms with Crippen LogP contribution in [-0.2, 0) is 16.1 Å². The SMILES string of the molecule is O=C(CN1CCN(CC(=O)Nc2ccnn2C2CCCC2)CC1)NCc1ccccc1. The molecule has 0 unspecified atom stereocenters. The van der Waals surface area contributed by atoms with E-state index in [-0.39, 0.29) is 11.8 Å². The average Bonchev–Trinajstić information content (AvgIpc) is 3.46. The highest BCUT2D eigenvalue weighted by Crippen LogP contribution is 2.31. The molecule has 0 radical (unpaired) electrons. The molecule has 1 aromatic heterocycles. The molecule has 8 nitrogen and oxygen atoms in total. The van der Waals surface area contributed by atoms with Gasteiger partial charge in [0.1, 0.15) is 5.82 Å². The Labute approximate surface area is 183 Å². The number of benzene rings is 1. The van der Waals surface area contributed by atoms with Crippen molar-refractivity contribution in [3.63, 3.8) is 0 Å². The van der Waals surface area contributed by atoms with Crippen molar-refractivity contribution < 1.29 is 9.59 Å². The molecule has 0 bridgehead atoms. The van der Waals surface area contributed by atoms with Gasteiger partial charge in [0.05, 0.1) is 25.3 Å². The first-order valence-electron chi connectivity index (χ1n) is 11.3. The molecule has 2 N–H and O–H groups in total. The van der Waals surface area contributed by atoms with Crippen LogP contribution in [0.3, 0.4) is 0 Å². The van der Waals surface area contributed by atoms with E-state index in [0.29, 0.717) is 25.7 Å². The molecule has 31 heavy (non-hydrogen) atoms. The van der Waals surface area contributed by atoms with Crippen molar-refractivity contribution >= 4 is 17.6 Å². The van der Waals surface area contributed by atoms with E-state index in [1.54, 1.807) is 6.20 Å². The third-order valence-electron chi connectivity index (χ3n) is 6.14. The van der Waals surface area contributed by atoms with Crippen LogP contribution in [0.4, 0.5) is 5.82 Å². The van der Waals surface area contributed by atoms with E-state index in [1.165, 1.54) is 12.8 Å². The van der Waals surface area contributed by atoms with Gasteiger partial charge in [0.2, 0.25) is 11.8 Å². The zero-order valence-corrected chi connectivity index (χ0v) is 18.0. The van der Waals surface area contributed by atoms with Crippen molar-refractivity contribution in [2.24, 2.45) is 0 Å². The first-order valence-corrected chi connectivity index (χ1v) is 11.3. The summed E-state index contributed by atoms with van der Waals surface area (Å²) < 4.78 is 1.97. The van der Waals surface area contributed by atoms with Gasteiger partial charge < -0.3 is 10.6 Å². The first-order chi connectivity index (χ1) is 15.2. The Kier molecular flexibility index (Phi) is 7.32. The topological polar surface area (TPSA) is 82.5 Å². The number of hydrogen-bond donors (Lipinski definition) is 2. The Morgan fingerprint density at radius 2 is 1.55 bits per heavy atom. The highest BCUT2D eigenvalue weighted by atomic mass is 16.2. The van der Waals surface area contributed by atoms with Gasteiger partial charge in [-0.05, 0) is 18.4 Å². The predicted molar refractivity (Wildman–Crippen MR) is 120 cm³/mol. The maximum absolute atomic E-state index is 12.6. The summed E-state index contributed by atoms with van der Waals surface area (Å²) in [6, 6.07) is 12.2. The Morgan fingerprint density at radius 1 is 0.903 bits per heavy atom. The minimum atomic E-state index is -0.00574. The van der Waals surface area contributed by atoms with Crippen LogP contribution in [0, 0.1) is 0 Å². The number of piperazine rings is 1. The van der Waals surface area contributed by atoms with E-state index < -0.39 is 0 Å². The second kappa shape index (κ2) is 10.5. The van der Waals surface area contributed by atoms with Crippen LogP contribution in [-0.4, -0.2) is 70.7 Å². The molecule has 2 amide bonds. The number of amides is 2. The third kappa shape index (κ3) is 6.15. The summed E-state index contributed by atoms with van der Waals surface area (Å²) in [6.07, 6.45) is 6.48. The molecule has 1 saturated carbocycles. The maximum Gasteiger partial charge on any atom is 0.239 e. The average molecular weight is 425 g/mol. The van der Waals surface area contributed by atoms with Crippen LogP contribution < -0.4 is 10.6 Å². The molecular weight excluding hydrogens is 392 g/mol. The molecule has 2 aromatic rings. The van der Waals surface area contributed by atoms with Crippen molar-refractivity contribution in [3.05, 3.63) is 48.2 Å². The fourth-order valence-electron chi connectivity index (χ4n) is 4.40. The normalized spacial score (nSPS) is 18.2. The molecule has 2 aliphatic rings. The van der Waals surface area contributed by atoms with Crippen molar-refractivity contribution in [1.82, 2.24) is 24.9 Å². The van der Waals surface area contributed by atoms with Crippen molar-refractivity contribution in [1.29, 1.82) is 0 Å². The lowest BCUT2D eigenvalue weighted by molar-refractivity contribution is -0.123.